The van der Waals surface area contributed by atoms with E-state index in [0.29, 0.717) is 0 Å². The lowest BCUT2D eigenvalue weighted by atomic mass is 10.0. The molecule has 0 aromatic heterocycles. The van der Waals surface area contributed by atoms with Crippen molar-refractivity contribution in [3.63, 3.8) is 0 Å². The summed E-state index contributed by atoms with van der Waals surface area (Å²) in [7, 11) is 0. The van der Waals surface area contributed by atoms with Gasteiger partial charge in [-0.05, 0) is 11.1 Å². The van der Waals surface area contributed by atoms with E-state index in [1.165, 1.54) is 0 Å². The third kappa shape index (κ3) is 0.852. The minimum absolute atomic E-state index is 0.722. The van der Waals surface area contributed by atoms with Gasteiger partial charge in [0.25, 0.3) is 0 Å². The van der Waals surface area contributed by atoms with Crippen molar-refractivity contribution >= 4 is 11.8 Å². The van der Waals surface area contributed by atoms with Gasteiger partial charge in [0, 0.05) is 23.6 Å². The summed E-state index contributed by atoms with van der Waals surface area (Å²) >= 11 is 2.12. The topological polar surface area (TPSA) is 12.0 Å². The Morgan fingerprint density at radius 2 is 1.67 bits per heavy atom. The molecule has 1 N–H and O–H groups in total. The molecule has 3 rings (SSSR count). The quantitative estimate of drug-likeness (QED) is 0.651. The maximum Gasteiger partial charge on any atom is 0.0431 e. The minimum Gasteiger partial charge on any atom is -0.314 e. The highest BCUT2D eigenvalue weighted by Crippen LogP contribution is 2.51. The highest BCUT2D eigenvalue weighted by Gasteiger charge is 2.33. The van der Waals surface area contributed by atoms with Crippen molar-refractivity contribution in [2.45, 2.75) is 10.5 Å². The Balaban J connectivity index is 2.16. The molecule has 12 heavy (non-hydrogen) atoms. The van der Waals surface area contributed by atoms with Crippen molar-refractivity contribution in [3.05, 3.63) is 35.4 Å². The monoisotopic (exact) mass is 177 g/mol. The molecule has 62 valence electrons. The summed E-state index contributed by atoms with van der Waals surface area (Å²) in [6, 6.07) is 8.86. The van der Waals surface area contributed by atoms with E-state index in [-0.39, 0.29) is 0 Å². The first-order valence-electron chi connectivity index (χ1n) is 4.40. The molecular formula is C10H11NS. The van der Waals surface area contributed by atoms with Gasteiger partial charge in [0.15, 0.2) is 0 Å². The number of benzene rings is 1. The molecule has 2 aliphatic rings. The normalized spacial score (nSPS) is 31.7. The van der Waals surface area contributed by atoms with E-state index in [9.17, 15) is 0 Å². The van der Waals surface area contributed by atoms with Gasteiger partial charge in [0.1, 0.15) is 0 Å². The minimum atomic E-state index is 0.722. The summed E-state index contributed by atoms with van der Waals surface area (Å²) in [6.45, 7) is 2.30. The van der Waals surface area contributed by atoms with Gasteiger partial charge in [-0.15, -0.1) is 11.8 Å². The van der Waals surface area contributed by atoms with E-state index in [0.717, 1.165) is 23.6 Å². The molecule has 1 saturated heterocycles. The molecule has 0 saturated carbocycles. The highest BCUT2D eigenvalue weighted by atomic mass is 32.2. The van der Waals surface area contributed by atoms with Gasteiger partial charge in [-0.1, -0.05) is 24.3 Å². The van der Waals surface area contributed by atoms with Gasteiger partial charge in [0.05, 0.1) is 0 Å². The summed E-state index contributed by atoms with van der Waals surface area (Å²) in [5.74, 6) is 0. The molecule has 2 heteroatoms. The molecular weight excluding hydrogens is 166 g/mol. The van der Waals surface area contributed by atoms with Crippen molar-refractivity contribution in [2.75, 3.05) is 13.1 Å². The first-order chi connectivity index (χ1) is 5.95. The Kier molecular flexibility index (Phi) is 1.46. The van der Waals surface area contributed by atoms with Crippen LogP contribution in [0.5, 0.6) is 0 Å². The molecule has 1 aromatic carbocycles. The van der Waals surface area contributed by atoms with Gasteiger partial charge in [-0.2, -0.15) is 0 Å². The van der Waals surface area contributed by atoms with Crippen LogP contribution in [0.15, 0.2) is 24.3 Å². The molecule has 0 radical (unpaired) electrons. The Labute approximate surface area is 76.6 Å². The average Bonchev–Trinajstić information content (AvgIpc) is 2.41. The van der Waals surface area contributed by atoms with Crippen LogP contribution in [0.4, 0.5) is 0 Å². The van der Waals surface area contributed by atoms with Gasteiger partial charge < -0.3 is 5.32 Å². The van der Waals surface area contributed by atoms with Crippen LogP contribution < -0.4 is 5.32 Å². The molecule has 2 unspecified atom stereocenters. The molecule has 1 fully saturated rings. The standard InChI is InChI=1S/C10H11NS/c1-2-4-8-7(3-1)9-5-11-6-10(8)12-9/h1-4,9-11H,5-6H2. The fraction of sp³-hybridized carbons (Fsp3) is 0.400. The Bertz CT molecular complexity index is 281. The van der Waals surface area contributed by atoms with Crippen LogP contribution >= 0.6 is 11.8 Å². The Hall–Kier alpha value is -0.470. The first kappa shape index (κ1) is 6.98. The van der Waals surface area contributed by atoms with Crippen LogP contribution in [0.3, 0.4) is 0 Å². The molecule has 2 heterocycles. The van der Waals surface area contributed by atoms with Crippen molar-refractivity contribution in [1.82, 2.24) is 5.32 Å². The van der Waals surface area contributed by atoms with E-state index in [2.05, 4.69) is 41.3 Å². The van der Waals surface area contributed by atoms with Crippen LogP contribution in [-0.2, 0) is 0 Å². The van der Waals surface area contributed by atoms with Crippen molar-refractivity contribution in [3.8, 4) is 0 Å². The predicted octanol–water partition coefficient (Wildman–Crippen LogP) is 2.12. The molecule has 2 aliphatic heterocycles. The molecule has 1 nitrogen and oxygen atoms in total. The van der Waals surface area contributed by atoms with E-state index in [1.807, 2.05) is 0 Å². The Morgan fingerprint density at radius 1 is 1.08 bits per heavy atom. The van der Waals surface area contributed by atoms with E-state index in [1.54, 1.807) is 11.1 Å². The zero-order valence-corrected chi connectivity index (χ0v) is 7.60. The third-order valence-corrected chi connectivity index (χ3v) is 4.18. The molecule has 2 bridgehead atoms. The highest BCUT2D eigenvalue weighted by molar-refractivity contribution is 8.00. The van der Waals surface area contributed by atoms with Gasteiger partial charge in [-0.3, -0.25) is 0 Å². The van der Waals surface area contributed by atoms with Crippen molar-refractivity contribution in [2.24, 2.45) is 0 Å². The lowest BCUT2D eigenvalue weighted by Gasteiger charge is -2.19. The summed E-state index contributed by atoms with van der Waals surface area (Å²) in [4.78, 5) is 0. The fourth-order valence-corrected chi connectivity index (χ4v) is 3.65. The van der Waals surface area contributed by atoms with Crippen LogP contribution in [0.1, 0.15) is 21.6 Å². The largest absolute Gasteiger partial charge is 0.314 e. The van der Waals surface area contributed by atoms with E-state index in [4.69, 9.17) is 0 Å². The molecule has 0 aliphatic carbocycles. The van der Waals surface area contributed by atoms with Crippen LogP contribution in [0.25, 0.3) is 0 Å². The molecule has 1 aromatic rings. The maximum atomic E-state index is 3.47. The molecule has 2 atom stereocenters. The second kappa shape index (κ2) is 2.51. The summed E-state index contributed by atoms with van der Waals surface area (Å²) in [5.41, 5.74) is 3.13. The maximum absolute atomic E-state index is 3.47. The lowest BCUT2D eigenvalue weighted by molar-refractivity contribution is 0.671. The summed E-state index contributed by atoms with van der Waals surface area (Å²) in [6.07, 6.45) is 0. The predicted molar refractivity (Wildman–Crippen MR) is 52.4 cm³/mol. The molecule has 0 amide bonds. The number of nitrogens with one attached hydrogen (secondary N) is 1. The van der Waals surface area contributed by atoms with Crippen LogP contribution in [-0.4, -0.2) is 13.1 Å². The SMILES string of the molecule is c1ccc2c(c1)C1CNCC2S1. The molecule has 0 spiro atoms. The van der Waals surface area contributed by atoms with Gasteiger partial charge in [-0.25, -0.2) is 0 Å². The smallest absolute Gasteiger partial charge is 0.0431 e. The number of hydrogen-bond acceptors (Lipinski definition) is 2. The number of fused-ring (bicyclic) bond motifs is 5. The number of thioether (sulfide) groups is 1. The zero-order valence-electron chi connectivity index (χ0n) is 6.79. The van der Waals surface area contributed by atoms with E-state index < -0.39 is 0 Å². The van der Waals surface area contributed by atoms with Crippen molar-refractivity contribution in [1.29, 1.82) is 0 Å². The van der Waals surface area contributed by atoms with E-state index >= 15 is 0 Å². The third-order valence-electron chi connectivity index (χ3n) is 2.68. The van der Waals surface area contributed by atoms with Crippen LogP contribution in [0.2, 0.25) is 0 Å². The summed E-state index contributed by atoms with van der Waals surface area (Å²) in [5, 5.41) is 4.92. The summed E-state index contributed by atoms with van der Waals surface area (Å²) < 4.78 is 0. The number of rotatable bonds is 0. The average molecular weight is 177 g/mol. The van der Waals surface area contributed by atoms with Gasteiger partial charge in [0.2, 0.25) is 0 Å². The fourth-order valence-electron chi connectivity index (χ4n) is 2.10. The van der Waals surface area contributed by atoms with Crippen LogP contribution in [0, 0.1) is 0 Å². The lowest BCUT2D eigenvalue weighted by Crippen LogP contribution is -2.25. The Morgan fingerprint density at radius 3 is 2.25 bits per heavy atom. The zero-order chi connectivity index (χ0) is 7.97. The van der Waals surface area contributed by atoms with Crippen molar-refractivity contribution < 1.29 is 0 Å². The second-order valence-electron chi connectivity index (χ2n) is 3.40. The number of hydrogen-bond donors (Lipinski definition) is 1. The first-order valence-corrected chi connectivity index (χ1v) is 5.34. The second-order valence-corrected chi connectivity index (χ2v) is 4.81. The van der Waals surface area contributed by atoms with Gasteiger partial charge >= 0.3 is 0 Å².